The van der Waals surface area contributed by atoms with Crippen LogP contribution in [0.1, 0.15) is 11.1 Å². The molecule has 0 aliphatic carbocycles. The fourth-order valence-corrected chi connectivity index (χ4v) is 3.50. The van der Waals surface area contributed by atoms with Crippen LogP contribution < -0.4 is 14.8 Å². The van der Waals surface area contributed by atoms with E-state index in [0.717, 1.165) is 15.1 Å². The molecule has 3 aromatic rings. The van der Waals surface area contributed by atoms with Crippen molar-refractivity contribution in [3.63, 3.8) is 0 Å². The fraction of sp³-hybridized carbons (Fsp3) is 0.167. The van der Waals surface area contributed by atoms with Crippen molar-refractivity contribution in [3.8, 4) is 17.6 Å². The summed E-state index contributed by atoms with van der Waals surface area (Å²) in [4.78, 5) is 0. The lowest BCUT2D eigenvalue weighted by atomic mass is 10.1. The summed E-state index contributed by atoms with van der Waals surface area (Å²) in [6.45, 7) is 0.677. The molecular weight excluding hydrogens is 308 g/mol. The molecule has 1 N–H and O–H groups in total. The number of benzene rings is 2. The van der Waals surface area contributed by atoms with Gasteiger partial charge in [0.1, 0.15) is 11.1 Å². The van der Waals surface area contributed by atoms with Crippen LogP contribution >= 0.6 is 11.3 Å². The molecule has 0 saturated heterocycles. The summed E-state index contributed by atoms with van der Waals surface area (Å²) in [5.74, 6) is 1.30. The van der Waals surface area contributed by atoms with E-state index in [-0.39, 0.29) is 0 Å². The van der Waals surface area contributed by atoms with Crippen molar-refractivity contribution in [2.24, 2.45) is 0 Å². The molecule has 0 unspecified atom stereocenters. The van der Waals surface area contributed by atoms with Crippen molar-refractivity contribution >= 4 is 26.4 Å². The number of fused-ring (bicyclic) bond motifs is 1. The van der Waals surface area contributed by atoms with E-state index in [2.05, 4.69) is 23.5 Å². The number of nitriles is 1. The molecule has 0 atom stereocenters. The maximum Gasteiger partial charge on any atom is 0.162 e. The van der Waals surface area contributed by atoms with Gasteiger partial charge in [0.25, 0.3) is 0 Å². The number of ether oxygens (including phenoxy) is 2. The van der Waals surface area contributed by atoms with Crippen molar-refractivity contribution in [2.75, 3.05) is 19.5 Å². The molecule has 0 aliphatic rings. The van der Waals surface area contributed by atoms with Gasteiger partial charge in [0, 0.05) is 22.7 Å². The van der Waals surface area contributed by atoms with Crippen molar-refractivity contribution in [1.82, 2.24) is 0 Å². The van der Waals surface area contributed by atoms with E-state index in [1.807, 2.05) is 30.3 Å². The lowest BCUT2D eigenvalue weighted by Crippen LogP contribution is -1.98. The van der Waals surface area contributed by atoms with E-state index < -0.39 is 0 Å². The molecule has 1 heterocycles. The highest BCUT2D eigenvalue weighted by atomic mass is 32.1. The Kier molecular flexibility index (Phi) is 4.35. The third kappa shape index (κ3) is 2.94. The largest absolute Gasteiger partial charge is 0.493 e. The first kappa shape index (κ1) is 15.2. The zero-order valence-corrected chi connectivity index (χ0v) is 13.7. The summed E-state index contributed by atoms with van der Waals surface area (Å²) in [5, 5.41) is 14.6. The molecule has 4 nitrogen and oxygen atoms in total. The Bertz CT molecular complexity index is 866. The molecule has 0 fully saturated rings. The minimum atomic E-state index is 0.629. The van der Waals surface area contributed by atoms with Crippen LogP contribution in [-0.4, -0.2) is 14.2 Å². The molecule has 5 heteroatoms. The molecule has 23 heavy (non-hydrogen) atoms. The lowest BCUT2D eigenvalue weighted by Gasteiger charge is -2.06. The Morgan fingerprint density at radius 3 is 2.43 bits per heavy atom. The van der Waals surface area contributed by atoms with Crippen LogP contribution in [0, 0.1) is 11.3 Å². The first-order valence-corrected chi connectivity index (χ1v) is 7.95. The van der Waals surface area contributed by atoms with Gasteiger partial charge in [-0.2, -0.15) is 5.26 Å². The van der Waals surface area contributed by atoms with Crippen LogP contribution in [0.15, 0.2) is 42.5 Å². The molecular formula is C18H16N2O2S. The second-order valence-corrected chi connectivity index (χ2v) is 6.01. The van der Waals surface area contributed by atoms with E-state index >= 15 is 0 Å². The summed E-state index contributed by atoms with van der Waals surface area (Å²) in [6.07, 6.45) is 0. The number of nitrogens with one attached hydrogen (secondary N) is 1. The highest BCUT2D eigenvalue weighted by molar-refractivity contribution is 7.23. The average Bonchev–Trinajstić information content (AvgIpc) is 2.95. The normalized spacial score (nSPS) is 10.3. The van der Waals surface area contributed by atoms with Gasteiger partial charge in [0.15, 0.2) is 11.5 Å². The van der Waals surface area contributed by atoms with Crippen molar-refractivity contribution < 1.29 is 9.47 Å². The maximum atomic E-state index is 9.54. The molecule has 116 valence electrons. The van der Waals surface area contributed by atoms with Gasteiger partial charge < -0.3 is 14.8 Å². The fourth-order valence-electron chi connectivity index (χ4n) is 2.44. The highest BCUT2D eigenvalue weighted by Crippen LogP contribution is 2.41. The lowest BCUT2D eigenvalue weighted by molar-refractivity contribution is 0.356. The standard InChI is InChI=1S/C18H16N2O2S/c1-21-15-8-13-14(10-19)18(23-17(13)9-16(15)22-2)20-11-12-6-4-3-5-7-12/h3-9,20H,11H2,1-2H3. The van der Waals surface area contributed by atoms with Gasteiger partial charge in [-0.05, 0) is 11.6 Å². The van der Waals surface area contributed by atoms with Crippen LogP contribution in [-0.2, 0) is 6.54 Å². The Morgan fingerprint density at radius 1 is 1.09 bits per heavy atom. The molecule has 0 spiro atoms. The predicted molar refractivity (Wildman–Crippen MR) is 93.4 cm³/mol. The SMILES string of the molecule is COc1cc2sc(NCc3ccccc3)c(C#N)c2cc1OC. The Balaban J connectivity index is 1.99. The summed E-state index contributed by atoms with van der Waals surface area (Å²) in [6, 6.07) is 16.2. The molecule has 0 amide bonds. The Hall–Kier alpha value is -2.71. The zero-order valence-electron chi connectivity index (χ0n) is 12.9. The van der Waals surface area contributed by atoms with Gasteiger partial charge >= 0.3 is 0 Å². The van der Waals surface area contributed by atoms with Gasteiger partial charge in [0.05, 0.1) is 19.8 Å². The molecule has 2 aromatic carbocycles. The van der Waals surface area contributed by atoms with Crippen LogP contribution in [0.4, 0.5) is 5.00 Å². The Labute approximate surface area is 138 Å². The summed E-state index contributed by atoms with van der Waals surface area (Å²) in [5.41, 5.74) is 1.81. The van der Waals surface area contributed by atoms with E-state index in [1.54, 1.807) is 25.6 Å². The monoisotopic (exact) mass is 324 g/mol. The number of hydrogen-bond acceptors (Lipinski definition) is 5. The predicted octanol–water partition coefficient (Wildman–Crippen LogP) is 4.40. The molecule has 3 rings (SSSR count). The Morgan fingerprint density at radius 2 is 1.78 bits per heavy atom. The van der Waals surface area contributed by atoms with E-state index in [1.165, 1.54) is 5.56 Å². The molecule has 0 radical (unpaired) electrons. The smallest absolute Gasteiger partial charge is 0.162 e. The zero-order chi connectivity index (χ0) is 16.2. The molecule has 1 aromatic heterocycles. The summed E-state index contributed by atoms with van der Waals surface area (Å²) in [7, 11) is 3.20. The second-order valence-electron chi connectivity index (χ2n) is 4.96. The van der Waals surface area contributed by atoms with Gasteiger partial charge in [-0.1, -0.05) is 30.3 Å². The minimum Gasteiger partial charge on any atom is -0.493 e. The maximum absolute atomic E-state index is 9.54. The van der Waals surface area contributed by atoms with Gasteiger partial charge in [-0.3, -0.25) is 0 Å². The summed E-state index contributed by atoms with van der Waals surface area (Å²) >= 11 is 1.55. The van der Waals surface area contributed by atoms with E-state index in [9.17, 15) is 5.26 Å². The van der Waals surface area contributed by atoms with Gasteiger partial charge in [-0.15, -0.1) is 11.3 Å². The van der Waals surface area contributed by atoms with E-state index in [4.69, 9.17) is 9.47 Å². The van der Waals surface area contributed by atoms with Crippen LogP contribution in [0.2, 0.25) is 0 Å². The first-order chi connectivity index (χ1) is 11.3. The number of rotatable bonds is 5. The summed E-state index contributed by atoms with van der Waals surface area (Å²) < 4.78 is 11.7. The van der Waals surface area contributed by atoms with E-state index in [0.29, 0.717) is 23.6 Å². The van der Waals surface area contributed by atoms with Crippen LogP contribution in [0.25, 0.3) is 10.1 Å². The van der Waals surface area contributed by atoms with Crippen LogP contribution in [0.3, 0.4) is 0 Å². The number of methoxy groups -OCH3 is 2. The van der Waals surface area contributed by atoms with Crippen molar-refractivity contribution in [1.29, 1.82) is 5.26 Å². The van der Waals surface area contributed by atoms with Gasteiger partial charge in [0.2, 0.25) is 0 Å². The minimum absolute atomic E-state index is 0.629. The van der Waals surface area contributed by atoms with Gasteiger partial charge in [-0.25, -0.2) is 0 Å². The molecule has 0 bridgehead atoms. The molecule has 0 aliphatic heterocycles. The van der Waals surface area contributed by atoms with Crippen LogP contribution in [0.5, 0.6) is 11.5 Å². The second kappa shape index (κ2) is 6.59. The average molecular weight is 324 g/mol. The third-order valence-corrected chi connectivity index (χ3v) is 4.71. The quantitative estimate of drug-likeness (QED) is 0.755. The number of hydrogen-bond donors (Lipinski definition) is 1. The van der Waals surface area contributed by atoms with Crippen molar-refractivity contribution in [3.05, 3.63) is 53.6 Å². The number of nitrogens with zero attached hydrogens (tertiary/aromatic N) is 1. The van der Waals surface area contributed by atoms with Crippen molar-refractivity contribution in [2.45, 2.75) is 6.54 Å². The first-order valence-electron chi connectivity index (χ1n) is 7.13. The third-order valence-electron chi connectivity index (χ3n) is 3.60. The highest BCUT2D eigenvalue weighted by Gasteiger charge is 2.15. The molecule has 0 saturated carbocycles. The topological polar surface area (TPSA) is 54.3 Å². The number of thiophene rings is 1. The number of anilines is 1.